The Labute approximate surface area is 101 Å². The van der Waals surface area contributed by atoms with Gasteiger partial charge in [0.25, 0.3) is 0 Å². The van der Waals surface area contributed by atoms with E-state index in [1.807, 2.05) is 0 Å². The van der Waals surface area contributed by atoms with Gasteiger partial charge >= 0.3 is 0 Å². The van der Waals surface area contributed by atoms with Gasteiger partial charge in [-0.1, -0.05) is 13.8 Å². The quantitative estimate of drug-likeness (QED) is 0.720. The molecule has 1 aliphatic rings. The van der Waals surface area contributed by atoms with Crippen molar-refractivity contribution in [2.45, 2.75) is 52.1 Å². The summed E-state index contributed by atoms with van der Waals surface area (Å²) in [5.41, 5.74) is 0. The SMILES string of the molecule is CCC(C)N(CC)CCNC1CCOCC1. The fourth-order valence-corrected chi connectivity index (χ4v) is 2.26. The standard InChI is InChI=1S/C13H28N2O/c1-4-12(3)15(5-2)9-8-14-13-6-10-16-11-7-13/h12-14H,4-11H2,1-3H3. The average Bonchev–Trinajstić information content (AvgIpc) is 2.35. The van der Waals surface area contributed by atoms with Gasteiger partial charge in [0.2, 0.25) is 0 Å². The summed E-state index contributed by atoms with van der Waals surface area (Å²) in [6, 6.07) is 1.39. The molecule has 0 spiro atoms. The third kappa shape index (κ3) is 4.81. The Morgan fingerprint density at radius 3 is 2.56 bits per heavy atom. The van der Waals surface area contributed by atoms with Gasteiger partial charge in [0.05, 0.1) is 0 Å². The van der Waals surface area contributed by atoms with E-state index in [-0.39, 0.29) is 0 Å². The number of ether oxygens (including phenoxy) is 1. The molecule has 3 nitrogen and oxygen atoms in total. The molecule has 1 unspecified atom stereocenters. The maximum atomic E-state index is 5.35. The predicted molar refractivity (Wildman–Crippen MR) is 68.8 cm³/mol. The lowest BCUT2D eigenvalue weighted by atomic mass is 10.1. The molecule has 1 rings (SSSR count). The van der Waals surface area contributed by atoms with Gasteiger partial charge in [-0.05, 0) is 32.7 Å². The molecule has 16 heavy (non-hydrogen) atoms. The minimum atomic E-state index is 0.685. The van der Waals surface area contributed by atoms with Crippen LogP contribution in [0.4, 0.5) is 0 Å². The number of hydrogen-bond acceptors (Lipinski definition) is 3. The van der Waals surface area contributed by atoms with Crippen molar-refractivity contribution in [1.29, 1.82) is 0 Å². The third-order valence-electron chi connectivity index (χ3n) is 3.67. The molecule has 0 aliphatic carbocycles. The molecule has 0 aromatic rings. The van der Waals surface area contributed by atoms with Crippen molar-refractivity contribution in [2.24, 2.45) is 0 Å². The normalized spacial score (nSPS) is 20.2. The first-order chi connectivity index (χ1) is 7.77. The summed E-state index contributed by atoms with van der Waals surface area (Å²) < 4.78 is 5.35. The minimum absolute atomic E-state index is 0.685. The Morgan fingerprint density at radius 2 is 2.00 bits per heavy atom. The van der Waals surface area contributed by atoms with Crippen LogP contribution in [0.1, 0.15) is 40.0 Å². The van der Waals surface area contributed by atoms with E-state index in [9.17, 15) is 0 Å². The molecule has 1 fully saturated rings. The number of nitrogens with zero attached hydrogens (tertiary/aromatic N) is 1. The molecule has 1 saturated heterocycles. The highest BCUT2D eigenvalue weighted by atomic mass is 16.5. The molecular weight excluding hydrogens is 200 g/mol. The van der Waals surface area contributed by atoms with Crippen molar-refractivity contribution in [3.63, 3.8) is 0 Å². The molecule has 0 amide bonds. The molecular formula is C13H28N2O. The monoisotopic (exact) mass is 228 g/mol. The molecule has 0 aromatic carbocycles. The first kappa shape index (κ1) is 13.9. The van der Waals surface area contributed by atoms with Crippen LogP contribution >= 0.6 is 0 Å². The van der Waals surface area contributed by atoms with Gasteiger partial charge in [-0.25, -0.2) is 0 Å². The van der Waals surface area contributed by atoms with Crippen LogP contribution in [0.25, 0.3) is 0 Å². The lowest BCUT2D eigenvalue weighted by molar-refractivity contribution is 0.0767. The Morgan fingerprint density at radius 1 is 1.31 bits per heavy atom. The summed E-state index contributed by atoms with van der Waals surface area (Å²) in [5.74, 6) is 0. The van der Waals surface area contributed by atoms with Crippen LogP contribution in [0.5, 0.6) is 0 Å². The lowest BCUT2D eigenvalue weighted by Gasteiger charge is -2.29. The highest BCUT2D eigenvalue weighted by molar-refractivity contribution is 4.72. The molecule has 0 saturated carbocycles. The first-order valence-corrected chi connectivity index (χ1v) is 6.83. The Kier molecular flexibility index (Phi) is 7.01. The van der Waals surface area contributed by atoms with Crippen molar-refractivity contribution < 1.29 is 4.74 Å². The second-order valence-electron chi connectivity index (χ2n) is 4.73. The highest BCUT2D eigenvalue weighted by Gasteiger charge is 2.14. The second kappa shape index (κ2) is 8.04. The summed E-state index contributed by atoms with van der Waals surface area (Å²) >= 11 is 0. The molecule has 0 aromatic heterocycles. The van der Waals surface area contributed by atoms with Gasteiger partial charge in [0, 0.05) is 38.4 Å². The summed E-state index contributed by atoms with van der Waals surface area (Å²) in [4.78, 5) is 2.55. The molecule has 1 heterocycles. The zero-order valence-electron chi connectivity index (χ0n) is 11.2. The van der Waals surface area contributed by atoms with Crippen LogP contribution in [0.15, 0.2) is 0 Å². The molecule has 3 heteroatoms. The van der Waals surface area contributed by atoms with Crippen molar-refractivity contribution in [3.8, 4) is 0 Å². The largest absolute Gasteiger partial charge is 0.381 e. The molecule has 1 atom stereocenters. The second-order valence-corrected chi connectivity index (χ2v) is 4.73. The summed E-state index contributed by atoms with van der Waals surface area (Å²) in [7, 11) is 0. The first-order valence-electron chi connectivity index (χ1n) is 6.83. The highest BCUT2D eigenvalue weighted by Crippen LogP contribution is 2.06. The maximum absolute atomic E-state index is 5.35. The van der Waals surface area contributed by atoms with Crippen molar-refractivity contribution in [3.05, 3.63) is 0 Å². The number of nitrogens with one attached hydrogen (secondary N) is 1. The van der Waals surface area contributed by atoms with E-state index in [0.717, 1.165) is 26.3 Å². The maximum Gasteiger partial charge on any atom is 0.0480 e. The van der Waals surface area contributed by atoms with Gasteiger partial charge in [-0.15, -0.1) is 0 Å². The Hall–Kier alpha value is -0.120. The van der Waals surface area contributed by atoms with Crippen LogP contribution in [-0.2, 0) is 4.74 Å². The van der Waals surface area contributed by atoms with E-state index in [1.165, 1.54) is 25.8 Å². The van der Waals surface area contributed by atoms with E-state index in [2.05, 4.69) is 31.0 Å². The smallest absolute Gasteiger partial charge is 0.0480 e. The van der Waals surface area contributed by atoms with Crippen LogP contribution in [-0.4, -0.2) is 49.8 Å². The Bertz CT molecular complexity index is 169. The molecule has 1 N–H and O–H groups in total. The van der Waals surface area contributed by atoms with Crippen LogP contribution in [0, 0.1) is 0 Å². The van der Waals surface area contributed by atoms with E-state index >= 15 is 0 Å². The van der Waals surface area contributed by atoms with Crippen molar-refractivity contribution >= 4 is 0 Å². The fraction of sp³-hybridized carbons (Fsp3) is 1.00. The molecule has 0 radical (unpaired) electrons. The average molecular weight is 228 g/mol. The predicted octanol–water partition coefficient (Wildman–Crippen LogP) is 1.88. The van der Waals surface area contributed by atoms with E-state index in [1.54, 1.807) is 0 Å². The number of rotatable bonds is 7. The lowest BCUT2D eigenvalue weighted by Crippen LogP contribution is -2.42. The number of likely N-dealkylation sites (N-methyl/N-ethyl adjacent to an activating group) is 1. The zero-order chi connectivity index (χ0) is 11.8. The van der Waals surface area contributed by atoms with E-state index in [0.29, 0.717) is 12.1 Å². The van der Waals surface area contributed by atoms with Crippen LogP contribution in [0.2, 0.25) is 0 Å². The summed E-state index contributed by atoms with van der Waals surface area (Å²) in [6.07, 6.45) is 3.59. The minimum Gasteiger partial charge on any atom is -0.381 e. The summed E-state index contributed by atoms with van der Waals surface area (Å²) in [6.45, 7) is 12.1. The molecule has 0 bridgehead atoms. The zero-order valence-corrected chi connectivity index (χ0v) is 11.2. The van der Waals surface area contributed by atoms with Gasteiger partial charge < -0.3 is 10.1 Å². The van der Waals surface area contributed by atoms with Gasteiger partial charge in [0.1, 0.15) is 0 Å². The van der Waals surface area contributed by atoms with Crippen LogP contribution < -0.4 is 5.32 Å². The van der Waals surface area contributed by atoms with E-state index < -0.39 is 0 Å². The molecule has 96 valence electrons. The third-order valence-corrected chi connectivity index (χ3v) is 3.67. The van der Waals surface area contributed by atoms with Crippen LogP contribution in [0.3, 0.4) is 0 Å². The van der Waals surface area contributed by atoms with Gasteiger partial charge in [0.15, 0.2) is 0 Å². The van der Waals surface area contributed by atoms with Gasteiger partial charge in [-0.2, -0.15) is 0 Å². The van der Waals surface area contributed by atoms with E-state index in [4.69, 9.17) is 4.74 Å². The Balaban J connectivity index is 2.12. The van der Waals surface area contributed by atoms with Gasteiger partial charge in [-0.3, -0.25) is 4.90 Å². The van der Waals surface area contributed by atoms with Crippen molar-refractivity contribution in [2.75, 3.05) is 32.8 Å². The summed E-state index contributed by atoms with van der Waals surface area (Å²) in [5, 5.41) is 3.64. The topological polar surface area (TPSA) is 24.5 Å². The fourth-order valence-electron chi connectivity index (χ4n) is 2.26. The number of hydrogen-bond donors (Lipinski definition) is 1. The molecule has 1 aliphatic heterocycles. The van der Waals surface area contributed by atoms with Crippen molar-refractivity contribution in [1.82, 2.24) is 10.2 Å².